The second-order valence-corrected chi connectivity index (χ2v) is 8.00. The van der Waals surface area contributed by atoms with Crippen molar-refractivity contribution in [2.45, 2.75) is 26.3 Å². The van der Waals surface area contributed by atoms with Crippen LogP contribution >= 0.6 is 27.3 Å². The Morgan fingerprint density at radius 3 is 2.83 bits per heavy atom. The van der Waals surface area contributed by atoms with Gasteiger partial charge in [-0.05, 0) is 51.1 Å². The van der Waals surface area contributed by atoms with Crippen LogP contribution in [0, 0.1) is 18.7 Å². The van der Waals surface area contributed by atoms with Crippen LogP contribution in [0.3, 0.4) is 0 Å². The molecule has 0 saturated carbocycles. The van der Waals surface area contributed by atoms with E-state index in [0.717, 1.165) is 43.2 Å². The monoisotopic (exact) mass is 411 g/mol. The Balaban J connectivity index is 1.51. The van der Waals surface area contributed by atoms with Crippen molar-refractivity contribution < 1.29 is 9.18 Å². The summed E-state index contributed by atoms with van der Waals surface area (Å²) in [4.78, 5) is 19.2. The molecule has 0 aliphatic carbocycles. The summed E-state index contributed by atoms with van der Waals surface area (Å²) in [7, 11) is 0. The zero-order valence-electron chi connectivity index (χ0n) is 13.4. The third-order valence-electron chi connectivity index (χ3n) is 4.20. The van der Waals surface area contributed by atoms with E-state index in [1.165, 1.54) is 6.07 Å². The third-order valence-corrected chi connectivity index (χ3v) is 5.52. The van der Waals surface area contributed by atoms with E-state index < -0.39 is 5.82 Å². The number of rotatable bonds is 4. The second kappa shape index (κ2) is 7.72. The van der Waals surface area contributed by atoms with Gasteiger partial charge in [-0.3, -0.25) is 9.69 Å². The van der Waals surface area contributed by atoms with Crippen molar-refractivity contribution in [2.75, 3.05) is 18.4 Å². The number of benzene rings is 1. The lowest BCUT2D eigenvalue weighted by Crippen LogP contribution is -2.37. The summed E-state index contributed by atoms with van der Waals surface area (Å²) in [5.41, 5.74) is 1.33. The van der Waals surface area contributed by atoms with Crippen LogP contribution in [0.4, 0.5) is 10.1 Å². The lowest BCUT2D eigenvalue weighted by molar-refractivity contribution is -0.121. The lowest BCUT2D eigenvalue weighted by atomic mass is 9.95. The number of carbonyl (C=O) groups is 1. The molecule has 0 radical (unpaired) electrons. The molecule has 2 heterocycles. The maximum Gasteiger partial charge on any atom is 0.227 e. The van der Waals surface area contributed by atoms with Gasteiger partial charge in [0.2, 0.25) is 5.91 Å². The topological polar surface area (TPSA) is 45.2 Å². The smallest absolute Gasteiger partial charge is 0.227 e. The van der Waals surface area contributed by atoms with Gasteiger partial charge in [-0.1, -0.05) is 15.9 Å². The maximum atomic E-state index is 13.8. The fourth-order valence-electron chi connectivity index (χ4n) is 2.89. The first-order chi connectivity index (χ1) is 11.5. The molecule has 1 aromatic heterocycles. The molecule has 1 N–H and O–H groups in total. The number of anilines is 1. The maximum absolute atomic E-state index is 13.8. The normalized spacial score (nSPS) is 16.3. The molecule has 24 heavy (non-hydrogen) atoms. The van der Waals surface area contributed by atoms with Crippen LogP contribution in [0.15, 0.2) is 28.1 Å². The van der Waals surface area contributed by atoms with E-state index in [1.807, 2.05) is 6.92 Å². The number of likely N-dealkylation sites (tertiary alicyclic amines) is 1. The summed E-state index contributed by atoms with van der Waals surface area (Å²) in [5.74, 6) is -0.587. The number of piperidine rings is 1. The summed E-state index contributed by atoms with van der Waals surface area (Å²) < 4.78 is 14.5. The van der Waals surface area contributed by atoms with Crippen molar-refractivity contribution in [3.63, 3.8) is 0 Å². The van der Waals surface area contributed by atoms with Gasteiger partial charge in [-0.25, -0.2) is 9.37 Å². The minimum absolute atomic E-state index is 0.0681. The van der Waals surface area contributed by atoms with E-state index in [2.05, 4.69) is 36.5 Å². The summed E-state index contributed by atoms with van der Waals surface area (Å²) >= 11 is 4.87. The molecule has 0 spiro atoms. The number of halogens is 2. The van der Waals surface area contributed by atoms with Crippen molar-refractivity contribution in [3.05, 3.63) is 44.6 Å². The number of carbonyl (C=O) groups excluding carboxylic acids is 1. The number of hydrogen-bond acceptors (Lipinski definition) is 4. The number of aryl methyl sites for hydroxylation is 1. The van der Waals surface area contributed by atoms with Gasteiger partial charge in [0.1, 0.15) is 5.82 Å². The Hall–Kier alpha value is -1.31. The highest BCUT2D eigenvalue weighted by Gasteiger charge is 2.25. The molecule has 2 aromatic rings. The molecule has 1 saturated heterocycles. The van der Waals surface area contributed by atoms with Gasteiger partial charge < -0.3 is 5.32 Å². The number of nitrogens with zero attached hydrogens (tertiary/aromatic N) is 2. The Kier molecular flexibility index (Phi) is 5.63. The molecule has 7 heteroatoms. The predicted octanol–water partition coefficient (Wildman–Crippen LogP) is 4.20. The Labute approximate surface area is 153 Å². The molecule has 1 aliphatic rings. The van der Waals surface area contributed by atoms with Crippen molar-refractivity contribution in [2.24, 2.45) is 5.92 Å². The first-order valence-corrected chi connectivity index (χ1v) is 9.58. The molecule has 3 rings (SSSR count). The Morgan fingerprint density at radius 1 is 1.46 bits per heavy atom. The highest BCUT2D eigenvalue weighted by Crippen LogP contribution is 2.24. The fourth-order valence-corrected chi connectivity index (χ4v) is 3.83. The molecule has 0 bridgehead atoms. The minimum Gasteiger partial charge on any atom is -0.323 e. The Bertz CT molecular complexity index is 728. The largest absolute Gasteiger partial charge is 0.323 e. The van der Waals surface area contributed by atoms with Crippen LogP contribution in [-0.2, 0) is 11.3 Å². The van der Waals surface area contributed by atoms with Gasteiger partial charge >= 0.3 is 0 Å². The first kappa shape index (κ1) is 17.5. The highest BCUT2D eigenvalue weighted by molar-refractivity contribution is 9.10. The lowest BCUT2D eigenvalue weighted by Gasteiger charge is -2.30. The zero-order chi connectivity index (χ0) is 17.1. The van der Waals surface area contributed by atoms with Gasteiger partial charge in [0, 0.05) is 22.3 Å². The van der Waals surface area contributed by atoms with Gasteiger partial charge in [0.25, 0.3) is 0 Å². The molecule has 1 aromatic carbocycles. The van der Waals surface area contributed by atoms with E-state index in [-0.39, 0.29) is 17.5 Å². The molecule has 128 valence electrons. The molecule has 4 nitrogen and oxygen atoms in total. The molecule has 1 aliphatic heterocycles. The summed E-state index contributed by atoms with van der Waals surface area (Å²) in [5, 5.41) is 5.88. The number of aromatic nitrogens is 1. The van der Waals surface area contributed by atoms with Gasteiger partial charge in [-0.15, -0.1) is 11.3 Å². The SMILES string of the molecule is Cc1nc(CN2CCC(C(=O)Nc3ccc(Br)cc3F)CC2)cs1. The van der Waals surface area contributed by atoms with Gasteiger partial charge in [0.05, 0.1) is 16.4 Å². The van der Waals surface area contributed by atoms with Crippen molar-refractivity contribution in [3.8, 4) is 0 Å². The molecule has 0 atom stereocenters. The number of hydrogen-bond donors (Lipinski definition) is 1. The average Bonchev–Trinajstić information content (AvgIpc) is 2.96. The highest BCUT2D eigenvalue weighted by atomic mass is 79.9. The quantitative estimate of drug-likeness (QED) is 0.819. The predicted molar refractivity (Wildman–Crippen MR) is 97.6 cm³/mol. The van der Waals surface area contributed by atoms with Crippen molar-refractivity contribution in [1.82, 2.24) is 9.88 Å². The van der Waals surface area contributed by atoms with Crippen LogP contribution in [0.25, 0.3) is 0 Å². The van der Waals surface area contributed by atoms with E-state index in [0.29, 0.717) is 4.47 Å². The van der Waals surface area contributed by atoms with Crippen molar-refractivity contribution in [1.29, 1.82) is 0 Å². The standard InChI is InChI=1S/C17H19BrFN3OS/c1-11-20-14(10-24-11)9-22-6-4-12(5-7-22)17(23)21-16-3-2-13(18)8-15(16)19/h2-3,8,10,12H,4-7,9H2,1H3,(H,21,23). The molecule has 0 unspecified atom stereocenters. The summed E-state index contributed by atoms with van der Waals surface area (Å²) in [6.45, 7) is 4.56. The van der Waals surface area contributed by atoms with E-state index >= 15 is 0 Å². The minimum atomic E-state index is -0.422. The second-order valence-electron chi connectivity index (χ2n) is 6.02. The third kappa shape index (κ3) is 4.40. The van der Waals surface area contributed by atoms with Crippen LogP contribution in [0.1, 0.15) is 23.5 Å². The number of nitrogens with one attached hydrogen (secondary N) is 1. The first-order valence-electron chi connectivity index (χ1n) is 7.90. The average molecular weight is 412 g/mol. The van der Waals surface area contributed by atoms with Crippen molar-refractivity contribution >= 4 is 38.9 Å². The molecular weight excluding hydrogens is 393 g/mol. The summed E-state index contributed by atoms with van der Waals surface area (Å²) in [6.07, 6.45) is 1.57. The van der Waals surface area contributed by atoms with Crippen LogP contribution in [-0.4, -0.2) is 28.9 Å². The number of amides is 1. The van der Waals surface area contributed by atoms with Crippen LogP contribution < -0.4 is 5.32 Å². The van der Waals surface area contributed by atoms with Crippen LogP contribution in [0.5, 0.6) is 0 Å². The van der Waals surface area contributed by atoms with Gasteiger partial charge in [-0.2, -0.15) is 0 Å². The summed E-state index contributed by atoms with van der Waals surface area (Å²) in [6, 6.07) is 4.65. The number of thiazole rings is 1. The molecule has 1 fully saturated rings. The van der Waals surface area contributed by atoms with E-state index in [9.17, 15) is 9.18 Å². The fraction of sp³-hybridized carbons (Fsp3) is 0.412. The van der Waals surface area contributed by atoms with Crippen LogP contribution in [0.2, 0.25) is 0 Å². The Morgan fingerprint density at radius 2 is 2.21 bits per heavy atom. The van der Waals surface area contributed by atoms with E-state index in [1.54, 1.807) is 23.5 Å². The van der Waals surface area contributed by atoms with Gasteiger partial charge in [0.15, 0.2) is 0 Å². The molecule has 1 amide bonds. The zero-order valence-corrected chi connectivity index (χ0v) is 15.8. The van der Waals surface area contributed by atoms with E-state index in [4.69, 9.17) is 0 Å². The molecular formula is C17H19BrFN3OS.